The molecule has 40 heavy (non-hydrogen) atoms. The van der Waals surface area contributed by atoms with Gasteiger partial charge in [0.2, 0.25) is 11.8 Å². The number of aliphatic hydroxyl groups is 1. The van der Waals surface area contributed by atoms with Gasteiger partial charge in [-0.2, -0.15) is 0 Å². The van der Waals surface area contributed by atoms with E-state index < -0.39 is 76.8 Å². The fourth-order valence-corrected chi connectivity index (χ4v) is 7.75. The standard InChI is InChI=1S/C27H27Cl2F3N4O4/c28-13-1-3-16-17(7-13)35-24(39)27(16)19(15-5-6-33-22(29)20(15)32)21(23(38)34-14-2-4-18(37)40-8-14)36-26(27)9-25(10-26,11-30)12-31/h1,3,5-7,14,18-19,21,36-37H,2,4,8-12H2,(H,34,38)(H,35,39)/t14-,18+,19+,21-,27-/m1/s1. The molecule has 2 saturated heterocycles. The van der Waals surface area contributed by atoms with Crippen LogP contribution in [0.2, 0.25) is 10.2 Å². The van der Waals surface area contributed by atoms with Gasteiger partial charge in [-0.3, -0.25) is 23.7 Å². The molecule has 0 bridgehead atoms. The fraction of sp³-hybridized carbons (Fsp3) is 0.519. The minimum absolute atomic E-state index is 0.0317. The molecule has 6 rings (SSSR count). The number of halogens is 5. The van der Waals surface area contributed by atoms with E-state index in [1.54, 1.807) is 18.2 Å². The van der Waals surface area contributed by atoms with Gasteiger partial charge in [-0.1, -0.05) is 29.3 Å². The lowest BCUT2D eigenvalue weighted by atomic mass is 9.46. The highest BCUT2D eigenvalue weighted by molar-refractivity contribution is 6.31. The zero-order chi connectivity index (χ0) is 28.4. The summed E-state index contributed by atoms with van der Waals surface area (Å²) < 4.78 is 49.5. The van der Waals surface area contributed by atoms with Crippen molar-refractivity contribution in [3.8, 4) is 0 Å². The number of fused-ring (bicyclic) bond motifs is 3. The number of aliphatic hydroxyl groups excluding tert-OH is 1. The first-order chi connectivity index (χ1) is 19.1. The average molecular weight is 599 g/mol. The van der Waals surface area contributed by atoms with Crippen molar-refractivity contribution in [1.82, 2.24) is 15.6 Å². The zero-order valence-corrected chi connectivity index (χ0v) is 22.7. The van der Waals surface area contributed by atoms with Crippen LogP contribution in [0, 0.1) is 11.2 Å². The van der Waals surface area contributed by atoms with E-state index in [0.717, 1.165) is 0 Å². The molecule has 1 saturated carbocycles. The number of rotatable bonds is 5. The Hall–Kier alpha value is -2.44. The monoisotopic (exact) mass is 598 g/mol. The number of carbonyl (C=O) groups is 2. The fourth-order valence-electron chi connectivity index (χ4n) is 7.41. The van der Waals surface area contributed by atoms with Crippen molar-refractivity contribution in [2.75, 3.05) is 25.3 Å². The number of anilines is 1. The van der Waals surface area contributed by atoms with Gasteiger partial charge in [0.15, 0.2) is 17.3 Å². The third-order valence-corrected chi connectivity index (χ3v) is 9.51. The van der Waals surface area contributed by atoms with Gasteiger partial charge in [0.1, 0.15) is 5.41 Å². The van der Waals surface area contributed by atoms with Gasteiger partial charge in [0.25, 0.3) is 0 Å². The molecular formula is C27H27Cl2F3N4O4. The van der Waals surface area contributed by atoms with E-state index in [9.17, 15) is 23.5 Å². The number of nitrogens with one attached hydrogen (secondary N) is 3. The second kappa shape index (κ2) is 9.84. The summed E-state index contributed by atoms with van der Waals surface area (Å²) in [4.78, 5) is 32.0. The Bertz CT molecular complexity index is 1360. The lowest BCUT2D eigenvalue weighted by Crippen LogP contribution is -2.70. The van der Waals surface area contributed by atoms with E-state index >= 15 is 4.39 Å². The normalized spacial score (nSPS) is 31.6. The summed E-state index contributed by atoms with van der Waals surface area (Å²) in [6, 6.07) is 4.48. The number of hydrogen-bond acceptors (Lipinski definition) is 6. The topological polar surface area (TPSA) is 113 Å². The van der Waals surface area contributed by atoms with Crippen LogP contribution in [0.1, 0.15) is 42.7 Å². The number of aromatic nitrogens is 1. The van der Waals surface area contributed by atoms with Gasteiger partial charge in [-0.05, 0) is 48.6 Å². The van der Waals surface area contributed by atoms with Crippen LogP contribution in [0.15, 0.2) is 30.5 Å². The molecule has 1 aliphatic carbocycles. The SMILES string of the molecule is O=C(N[C@@H]1CC[C@@H](O)OC1)[C@@H]1NC2(CC(CF)(CF)C2)[C@@]2(C(=O)Nc3cc(Cl)ccc32)[C@H]1c1ccnc(Cl)c1F. The minimum Gasteiger partial charge on any atom is -0.368 e. The van der Waals surface area contributed by atoms with Crippen LogP contribution >= 0.6 is 23.2 Å². The number of carbonyl (C=O) groups excluding carboxylic acids is 2. The van der Waals surface area contributed by atoms with E-state index in [4.69, 9.17) is 27.9 Å². The van der Waals surface area contributed by atoms with Crippen molar-refractivity contribution in [1.29, 1.82) is 0 Å². The molecule has 3 fully saturated rings. The second-order valence-electron chi connectivity index (χ2n) is 11.3. The molecule has 2 amide bonds. The predicted molar refractivity (Wildman–Crippen MR) is 140 cm³/mol. The van der Waals surface area contributed by atoms with Gasteiger partial charge in [-0.15, -0.1) is 0 Å². The number of amides is 2. The third kappa shape index (κ3) is 3.88. The van der Waals surface area contributed by atoms with E-state index in [0.29, 0.717) is 29.1 Å². The Labute approximate surface area is 238 Å². The number of alkyl halides is 2. The largest absolute Gasteiger partial charge is 0.368 e. The lowest BCUT2D eigenvalue weighted by Gasteiger charge is -2.59. The maximum atomic E-state index is 15.8. The molecule has 13 heteroatoms. The highest BCUT2D eigenvalue weighted by Gasteiger charge is 2.78. The Morgan fingerprint density at radius 2 is 1.95 bits per heavy atom. The van der Waals surface area contributed by atoms with E-state index in [2.05, 4.69) is 20.9 Å². The molecule has 214 valence electrons. The number of nitrogens with zero attached hydrogens (tertiary/aromatic N) is 1. The predicted octanol–water partition coefficient (Wildman–Crippen LogP) is 3.54. The quantitative estimate of drug-likeness (QED) is 0.392. The van der Waals surface area contributed by atoms with Gasteiger partial charge in [0.05, 0.1) is 32.0 Å². The van der Waals surface area contributed by atoms with Crippen LogP contribution in [0.4, 0.5) is 18.9 Å². The minimum atomic E-state index is -1.65. The second-order valence-corrected chi connectivity index (χ2v) is 12.1. The molecule has 8 nitrogen and oxygen atoms in total. The Morgan fingerprint density at radius 1 is 1.20 bits per heavy atom. The van der Waals surface area contributed by atoms with E-state index in [1.807, 2.05) is 0 Å². The Balaban J connectivity index is 1.53. The molecule has 4 aliphatic rings. The highest BCUT2D eigenvalue weighted by atomic mass is 35.5. The maximum Gasteiger partial charge on any atom is 0.238 e. The van der Waals surface area contributed by atoms with Crippen molar-refractivity contribution >= 4 is 40.7 Å². The summed E-state index contributed by atoms with van der Waals surface area (Å²) in [5.74, 6) is -3.17. The van der Waals surface area contributed by atoms with Gasteiger partial charge >= 0.3 is 0 Å². The summed E-state index contributed by atoms with van der Waals surface area (Å²) >= 11 is 12.3. The van der Waals surface area contributed by atoms with E-state index in [-0.39, 0.29) is 25.0 Å². The van der Waals surface area contributed by atoms with Crippen LogP contribution in [-0.2, 0) is 19.7 Å². The average Bonchev–Trinajstić information content (AvgIpc) is 3.38. The maximum absolute atomic E-state index is 15.8. The molecule has 4 heterocycles. The van der Waals surface area contributed by atoms with E-state index in [1.165, 1.54) is 12.3 Å². The van der Waals surface area contributed by atoms with Crippen LogP contribution in [0.25, 0.3) is 0 Å². The first-order valence-electron chi connectivity index (χ1n) is 13.0. The molecule has 3 aliphatic heterocycles. The van der Waals surface area contributed by atoms with Gasteiger partial charge in [0, 0.05) is 40.2 Å². The molecular weight excluding hydrogens is 572 g/mol. The molecule has 0 unspecified atom stereocenters. The number of hydrogen-bond donors (Lipinski definition) is 4. The van der Waals surface area contributed by atoms with Crippen molar-refractivity contribution in [2.24, 2.45) is 5.41 Å². The van der Waals surface area contributed by atoms with Crippen molar-refractivity contribution in [3.63, 3.8) is 0 Å². The molecule has 1 aromatic heterocycles. The number of pyridine rings is 1. The smallest absolute Gasteiger partial charge is 0.238 e. The van der Waals surface area contributed by atoms with Crippen molar-refractivity contribution in [2.45, 2.75) is 60.9 Å². The summed E-state index contributed by atoms with van der Waals surface area (Å²) in [5.41, 5.74) is -3.52. The molecule has 5 atom stereocenters. The summed E-state index contributed by atoms with van der Waals surface area (Å²) in [6.07, 6.45) is 0.879. The summed E-state index contributed by atoms with van der Waals surface area (Å²) in [7, 11) is 0. The van der Waals surface area contributed by atoms with Crippen molar-refractivity contribution < 1.29 is 32.6 Å². The van der Waals surface area contributed by atoms with Crippen molar-refractivity contribution in [3.05, 3.63) is 57.6 Å². The Kier molecular flexibility index (Phi) is 6.81. The van der Waals surface area contributed by atoms with Crippen LogP contribution in [0.5, 0.6) is 0 Å². The lowest BCUT2D eigenvalue weighted by molar-refractivity contribution is -0.140. The van der Waals surface area contributed by atoms with Crippen LogP contribution in [-0.4, -0.2) is 65.8 Å². The molecule has 2 spiro atoms. The highest BCUT2D eigenvalue weighted by Crippen LogP contribution is 2.68. The van der Waals surface area contributed by atoms with Gasteiger partial charge in [-0.25, -0.2) is 9.37 Å². The molecule has 4 N–H and O–H groups in total. The van der Waals surface area contributed by atoms with Crippen LogP contribution in [0.3, 0.4) is 0 Å². The first-order valence-corrected chi connectivity index (χ1v) is 13.8. The molecule has 1 aromatic carbocycles. The first kappa shape index (κ1) is 27.7. The molecule has 0 radical (unpaired) electrons. The third-order valence-electron chi connectivity index (χ3n) is 9.01. The number of ether oxygens (including phenoxy) is 1. The van der Waals surface area contributed by atoms with Crippen LogP contribution < -0.4 is 16.0 Å². The Morgan fingerprint density at radius 3 is 2.62 bits per heavy atom. The molecule has 2 aromatic rings. The number of benzene rings is 1. The summed E-state index contributed by atoms with van der Waals surface area (Å²) in [6.45, 7) is -1.86. The van der Waals surface area contributed by atoms with Gasteiger partial charge < -0.3 is 20.5 Å². The summed E-state index contributed by atoms with van der Waals surface area (Å²) in [5, 5.41) is 18.6. The zero-order valence-electron chi connectivity index (χ0n) is 21.2.